The van der Waals surface area contributed by atoms with Crippen molar-refractivity contribution in [3.05, 3.63) is 34.9 Å². The topological polar surface area (TPSA) is 0 Å². The predicted molar refractivity (Wildman–Crippen MR) is 82.4 cm³/mol. The van der Waals surface area contributed by atoms with Crippen LogP contribution in [0.3, 0.4) is 0 Å². The predicted octanol–water partition coefficient (Wildman–Crippen LogP) is 5.17. The highest BCUT2D eigenvalue weighted by molar-refractivity contribution is 8.17. The maximum absolute atomic E-state index is 6.54. The van der Waals surface area contributed by atoms with Gasteiger partial charge >= 0.3 is 0 Å². The van der Waals surface area contributed by atoms with Crippen molar-refractivity contribution in [1.82, 2.24) is 0 Å². The fourth-order valence-electron chi connectivity index (χ4n) is 1.94. The Morgan fingerprint density at radius 3 is 2.59 bits per heavy atom. The van der Waals surface area contributed by atoms with Crippen molar-refractivity contribution in [2.45, 2.75) is 36.6 Å². The highest BCUT2D eigenvalue weighted by Crippen LogP contribution is 2.39. The maximum Gasteiger partial charge on any atom is 0.0603 e. The van der Waals surface area contributed by atoms with Crippen LogP contribution < -0.4 is 0 Å². The zero-order valence-corrected chi connectivity index (χ0v) is 12.8. The first-order chi connectivity index (χ1) is 8.16. The number of alkyl halides is 1. The van der Waals surface area contributed by atoms with Gasteiger partial charge in [0, 0.05) is 0 Å². The van der Waals surface area contributed by atoms with Crippen molar-refractivity contribution in [3.63, 3.8) is 0 Å². The number of aryl methyl sites for hydroxylation is 2. The molecule has 0 amide bonds. The summed E-state index contributed by atoms with van der Waals surface area (Å²) >= 11 is 10.7. The molecular formula is C14H19ClS2. The summed E-state index contributed by atoms with van der Waals surface area (Å²) in [7, 11) is 0. The minimum atomic E-state index is 0.164. The molecule has 0 nitrogen and oxygen atoms in total. The molecule has 0 saturated carbocycles. The number of halogens is 1. The fourth-order valence-corrected chi connectivity index (χ4v) is 5.41. The van der Waals surface area contributed by atoms with Crippen LogP contribution in [0.1, 0.15) is 34.9 Å². The van der Waals surface area contributed by atoms with Gasteiger partial charge < -0.3 is 0 Å². The van der Waals surface area contributed by atoms with E-state index in [1.807, 2.05) is 0 Å². The molecule has 1 aliphatic heterocycles. The van der Waals surface area contributed by atoms with Gasteiger partial charge in [0.1, 0.15) is 0 Å². The van der Waals surface area contributed by atoms with E-state index in [1.165, 1.54) is 34.6 Å². The minimum Gasteiger partial charge on any atom is -0.148 e. The van der Waals surface area contributed by atoms with Crippen LogP contribution in [0.2, 0.25) is 0 Å². The molecule has 3 heteroatoms. The summed E-state index contributed by atoms with van der Waals surface area (Å²) in [5, 5.41) is 0.164. The summed E-state index contributed by atoms with van der Waals surface area (Å²) in [6, 6.07) is 6.60. The number of hydrogen-bond donors (Lipinski definition) is 0. The van der Waals surface area contributed by atoms with Gasteiger partial charge in [-0.05, 0) is 54.9 Å². The molecule has 1 atom stereocenters. The summed E-state index contributed by atoms with van der Waals surface area (Å²) in [5.41, 5.74) is 3.97. The third-order valence-corrected chi connectivity index (χ3v) is 6.61. The van der Waals surface area contributed by atoms with Crippen LogP contribution in [0.15, 0.2) is 18.2 Å². The minimum absolute atomic E-state index is 0.164. The Hall–Kier alpha value is 0.210. The number of thioether (sulfide) groups is 2. The Kier molecular flexibility index (Phi) is 5.13. The van der Waals surface area contributed by atoms with E-state index in [-0.39, 0.29) is 5.38 Å². The van der Waals surface area contributed by atoms with Crippen LogP contribution in [-0.4, -0.2) is 16.1 Å². The highest BCUT2D eigenvalue weighted by atomic mass is 35.5. The first-order valence-corrected chi connectivity index (χ1v) is 8.64. The van der Waals surface area contributed by atoms with E-state index in [9.17, 15) is 0 Å². The lowest BCUT2D eigenvalue weighted by molar-refractivity contribution is 0.859. The largest absolute Gasteiger partial charge is 0.148 e. The maximum atomic E-state index is 6.54. The Morgan fingerprint density at radius 1 is 1.24 bits per heavy atom. The van der Waals surface area contributed by atoms with Crippen LogP contribution in [0.25, 0.3) is 0 Å². The first kappa shape index (κ1) is 13.6. The molecule has 1 heterocycles. The number of benzene rings is 1. The lowest BCUT2D eigenvalue weighted by Gasteiger charge is -2.23. The third-order valence-electron chi connectivity index (χ3n) is 3.19. The molecule has 1 unspecified atom stereocenters. The average molecular weight is 287 g/mol. The SMILES string of the molecule is Cc1ccc(C(Cl)CC2SCCCS2)cc1C. The van der Waals surface area contributed by atoms with Crippen molar-refractivity contribution in [1.29, 1.82) is 0 Å². The van der Waals surface area contributed by atoms with Gasteiger partial charge in [-0.15, -0.1) is 35.1 Å². The zero-order valence-electron chi connectivity index (χ0n) is 10.4. The molecule has 17 heavy (non-hydrogen) atoms. The second-order valence-corrected chi connectivity index (χ2v) is 8.02. The molecule has 94 valence electrons. The molecule has 1 fully saturated rings. The van der Waals surface area contributed by atoms with E-state index in [0.29, 0.717) is 4.58 Å². The molecule has 1 aromatic carbocycles. The summed E-state index contributed by atoms with van der Waals surface area (Å²) in [6.45, 7) is 4.31. The molecule has 1 aromatic rings. The molecule has 0 spiro atoms. The van der Waals surface area contributed by atoms with Gasteiger partial charge in [-0.25, -0.2) is 0 Å². The van der Waals surface area contributed by atoms with Crippen LogP contribution in [0.5, 0.6) is 0 Å². The van der Waals surface area contributed by atoms with Crippen molar-refractivity contribution in [2.24, 2.45) is 0 Å². The van der Waals surface area contributed by atoms with E-state index in [1.54, 1.807) is 0 Å². The number of hydrogen-bond acceptors (Lipinski definition) is 2. The second-order valence-electron chi connectivity index (χ2n) is 4.57. The molecule has 0 radical (unpaired) electrons. The standard InChI is InChI=1S/C14H19ClS2/c1-10-4-5-12(8-11(10)2)13(15)9-14-16-6-3-7-17-14/h4-5,8,13-14H,3,6-7,9H2,1-2H3. The molecule has 1 aliphatic rings. The first-order valence-electron chi connectivity index (χ1n) is 6.11. The second kappa shape index (κ2) is 6.40. The van der Waals surface area contributed by atoms with Crippen molar-refractivity contribution in [2.75, 3.05) is 11.5 Å². The summed E-state index contributed by atoms with van der Waals surface area (Å²) in [5.74, 6) is 2.60. The van der Waals surface area contributed by atoms with Crippen molar-refractivity contribution in [3.8, 4) is 0 Å². The Morgan fingerprint density at radius 2 is 1.94 bits per heavy atom. The lowest BCUT2D eigenvalue weighted by atomic mass is 10.0. The molecule has 0 aromatic heterocycles. The van der Waals surface area contributed by atoms with Gasteiger partial charge in [0.2, 0.25) is 0 Å². The normalized spacial score (nSPS) is 19.2. The monoisotopic (exact) mass is 286 g/mol. The van der Waals surface area contributed by atoms with Gasteiger partial charge in [0.25, 0.3) is 0 Å². The Labute approximate surface area is 118 Å². The number of rotatable bonds is 3. The van der Waals surface area contributed by atoms with Crippen LogP contribution >= 0.6 is 35.1 Å². The quantitative estimate of drug-likeness (QED) is 0.703. The van der Waals surface area contributed by atoms with Gasteiger partial charge in [0.05, 0.1) is 9.96 Å². The van der Waals surface area contributed by atoms with E-state index in [4.69, 9.17) is 11.6 Å². The fraction of sp³-hybridized carbons (Fsp3) is 0.571. The molecule has 2 rings (SSSR count). The van der Waals surface area contributed by atoms with Gasteiger partial charge in [0.15, 0.2) is 0 Å². The molecule has 0 aliphatic carbocycles. The van der Waals surface area contributed by atoms with E-state index in [0.717, 1.165) is 6.42 Å². The van der Waals surface area contributed by atoms with Gasteiger partial charge in [-0.2, -0.15) is 0 Å². The Bertz CT molecular complexity index is 372. The van der Waals surface area contributed by atoms with Crippen molar-refractivity contribution >= 4 is 35.1 Å². The summed E-state index contributed by atoms with van der Waals surface area (Å²) < 4.78 is 0.688. The summed E-state index contributed by atoms with van der Waals surface area (Å²) in [4.78, 5) is 0. The molecule has 0 N–H and O–H groups in total. The van der Waals surface area contributed by atoms with Crippen LogP contribution in [0.4, 0.5) is 0 Å². The molecule has 0 bridgehead atoms. The third kappa shape index (κ3) is 3.84. The van der Waals surface area contributed by atoms with E-state index >= 15 is 0 Å². The van der Waals surface area contributed by atoms with E-state index in [2.05, 4.69) is 55.6 Å². The van der Waals surface area contributed by atoms with Crippen molar-refractivity contribution < 1.29 is 0 Å². The Balaban J connectivity index is 1.98. The average Bonchev–Trinajstić information content (AvgIpc) is 2.34. The highest BCUT2D eigenvalue weighted by Gasteiger charge is 2.19. The molecular weight excluding hydrogens is 268 g/mol. The zero-order chi connectivity index (χ0) is 12.3. The van der Waals surface area contributed by atoms with Crippen LogP contribution in [-0.2, 0) is 0 Å². The van der Waals surface area contributed by atoms with Gasteiger partial charge in [-0.1, -0.05) is 18.2 Å². The lowest BCUT2D eigenvalue weighted by Crippen LogP contribution is -2.09. The van der Waals surface area contributed by atoms with Crippen LogP contribution in [0, 0.1) is 13.8 Å². The van der Waals surface area contributed by atoms with Gasteiger partial charge in [-0.3, -0.25) is 0 Å². The smallest absolute Gasteiger partial charge is 0.0603 e. The molecule has 1 saturated heterocycles. The van der Waals surface area contributed by atoms with E-state index < -0.39 is 0 Å². The summed E-state index contributed by atoms with van der Waals surface area (Å²) in [6.07, 6.45) is 2.43.